The van der Waals surface area contributed by atoms with E-state index in [-0.39, 0.29) is 29.7 Å². The highest BCUT2D eigenvalue weighted by Crippen LogP contribution is 2.38. The van der Waals surface area contributed by atoms with Gasteiger partial charge in [0.05, 0.1) is 17.5 Å². The number of fused-ring (bicyclic) bond motifs is 1. The van der Waals surface area contributed by atoms with Gasteiger partial charge < -0.3 is 10.2 Å². The molecule has 0 radical (unpaired) electrons. The summed E-state index contributed by atoms with van der Waals surface area (Å²) in [5, 5.41) is 13.3. The summed E-state index contributed by atoms with van der Waals surface area (Å²) in [4.78, 5) is 29.1. The van der Waals surface area contributed by atoms with Crippen molar-refractivity contribution in [2.45, 2.75) is 69.2 Å². The highest BCUT2D eigenvalue weighted by atomic mass is 16.2. The first-order valence-electron chi connectivity index (χ1n) is 13.2. The quantitative estimate of drug-likeness (QED) is 0.679. The van der Waals surface area contributed by atoms with E-state index in [0.29, 0.717) is 25.9 Å². The predicted octanol–water partition coefficient (Wildman–Crippen LogP) is 5.07. The van der Waals surface area contributed by atoms with Crippen LogP contribution >= 0.6 is 0 Å². The zero-order valence-electron chi connectivity index (χ0n) is 20.4. The smallest absolute Gasteiger partial charge is 0.226 e. The van der Waals surface area contributed by atoms with Crippen molar-refractivity contribution in [2.24, 2.45) is 11.8 Å². The molecule has 5 nitrogen and oxygen atoms in total. The zero-order chi connectivity index (χ0) is 24.3. The number of piperidine rings is 1. The Morgan fingerprint density at radius 2 is 1.57 bits per heavy atom. The third kappa shape index (κ3) is 4.72. The van der Waals surface area contributed by atoms with E-state index < -0.39 is 5.41 Å². The monoisotopic (exact) mass is 469 g/mol. The van der Waals surface area contributed by atoms with Crippen molar-refractivity contribution in [1.82, 2.24) is 10.2 Å². The van der Waals surface area contributed by atoms with Crippen LogP contribution in [0, 0.1) is 23.2 Å². The summed E-state index contributed by atoms with van der Waals surface area (Å²) in [5.74, 6) is -0.373. The minimum atomic E-state index is -0.532. The largest absolute Gasteiger partial charge is 0.349 e. The Hall–Kier alpha value is -3.13. The second-order valence-corrected chi connectivity index (χ2v) is 10.5. The van der Waals surface area contributed by atoms with Crippen molar-refractivity contribution >= 4 is 11.8 Å². The van der Waals surface area contributed by atoms with Gasteiger partial charge in [-0.3, -0.25) is 9.59 Å². The maximum absolute atomic E-state index is 13.7. The van der Waals surface area contributed by atoms with Gasteiger partial charge in [0.25, 0.3) is 0 Å². The van der Waals surface area contributed by atoms with Crippen molar-refractivity contribution in [3.05, 3.63) is 71.3 Å². The highest BCUT2D eigenvalue weighted by Gasteiger charge is 2.42. The molecule has 1 heterocycles. The molecule has 2 unspecified atom stereocenters. The number of hydrogen-bond acceptors (Lipinski definition) is 3. The van der Waals surface area contributed by atoms with Crippen LogP contribution in [0.25, 0.3) is 0 Å². The topological polar surface area (TPSA) is 73.2 Å². The van der Waals surface area contributed by atoms with E-state index in [1.165, 1.54) is 11.1 Å². The van der Waals surface area contributed by atoms with Crippen molar-refractivity contribution in [3.8, 4) is 6.07 Å². The standard InChI is InChI=1S/C30H35N3O2/c31-21-30(23-11-2-1-3-12-23)17-19-33(20-18-30)29(35)26-15-7-6-14-25(26)28(34)32-27-16-8-10-22-9-4-5-13-24(22)27/h1-5,9,11-13,25-27H,6-8,10,14-20H2,(H,32,34)/t25?,26?,27-/m1/s1. The Bertz CT molecular complexity index is 1100. The van der Waals surface area contributed by atoms with Crippen LogP contribution in [0.15, 0.2) is 54.6 Å². The molecule has 0 spiro atoms. The first-order chi connectivity index (χ1) is 17.1. The van der Waals surface area contributed by atoms with Crippen LogP contribution in [0.3, 0.4) is 0 Å². The van der Waals surface area contributed by atoms with Gasteiger partial charge in [-0.2, -0.15) is 5.26 Å². The Kier molecular flexibility index (Phi) is 6.90. The molecule has 0 aromatic heterocycles. The Balaban J connectivity index is 1.26. The van der Waals surface area contributed by atoms with E-state index in [2.05, 4.69) is 29.6 Å². The van der Waals surface area contributed by atoms with Crippen molar-refractivity contribution in [3.63, 3.8) is 0 Å². The van der Waals surface area contributed by atoms with E-state index in [4.69, 9.17) is 0 Å². The normalized spacial score (nSPS) is 25.7. The molecule has 1 N–H and O–H groups in total. The minimum Gasteiger partial charge on any atom is -0.349 e. The second-order valence-electron chi connectivity index (χ2n) is 10.5. The molecule has 1 saturated carbocycles. The third-order valence-electron chi connectivity index (χ3n) is 8.57. The second kappa shape index (κ2) is 10.2. The van der Waals surface area contributed by atoms with Gasteiger partial charge in [0.1, 0.15) is 0 Å². The number of nitrogens with zero attached hydrogens (tertiary/aromatic N) is 2. The molecule has 2 aromatic rings. The number of carbonyl (C=O) groups excluding carboxylic acids is 2. The average Bonchev–Trinajstić information content (AvgIpc) is 2.93. The molecule has 1 saturated heterocycles. The van der Waals surface area contributed by atoms with Crippen LogP contribution in [0.4, 0.5) is 0 Å². The van der Waals surface area contributed by atoms with Crippen molar-refractivity contribution in [1.29, 1.82) is 5.26 Å². The lowest BCUT2D eigenvalue weighted by Crippen LogP contribution is -2.50. The molecule has 2 aromatic carbocycles. The van der Waals surface area contributed by atoms with Gasteiger partial charge in [0.2, 0.25) is 11.8 Å². The molecule has 2 amide bonds. The minimum absolute atomic E-state index is 0.0393. The highest BCUT2D eigenvalue weighted by molar-refractivity contribution is 5.88. The van der Waals surface area contributed by atoms with Crippen LogP contribution < -0.4 is 5.32 Å². The van der Waals surface area contributed by atoms with Crippen LogP contribution in [-0.4, -0.2) is 29.8 Å². The molecule has 2 aliphatic carbocycles. The van der Waals surface area contributed by atoms with Crippen LogP contribution in [0.2, 0.25) is 0 Å². The molecule has 0 bridgehead atoms. The SMILES string of the molecule is N#CC1(c2ccccc2)CCN(C(=O)C2CCCCC2C(=O)N[C@@H]2CCCc3ccccc32)CC1. The first-order valence-corrected chi connectivity index (χ1v) is 13.2. The fourth-order valence-electron chi connectivity index (χ4n) is 6.49. The van der Waals surface area contributed by atoms with Gasteiger partial charge in [-0.15, -0.1) is 0 Å². The Labute approximate surface area is 208 Å². The van der Waals surface area contributed by atoms with Gasteiger partial charge in [-0.05, 0) is 61.6 Å². The molecular formula is C30H35N3O2. The number of carbonyl (C=O) groups is 2. The molecular weight excluding hydrogens is 434 g/mol. The summed E-state index contributed by atoms with van der Waals surface area (Å²) in [6.45, 7) is 1.14. The van der Waals surface area contributed by atoms with Crippen molar-refractivity contribution in [2.75, 3.05) is 13.1 Å². The van der Waals surface area contributed by atoms with Crippen LogP contribution in [0.5, 0.6) is 0 Å². The summed E-state index contributed by atoms with van der Waals surface area (Å²) in [7, 11) is 0. The predicted molar refractivity (Wildman–Crippen MR) is 135 cm³/mol. The summed E-state index contributed by atoms with van der Waals surface area (Å²) in [5.41, 5.74) is 3.07. The van der Waals surface area contributed by atoms with Crippen LogP contribution in [-0.2, 0) is 21.4 Å². The number of aryl methyl sites for hydroxylation is 1. The number of amides is 2. The van der Waals surface area contributed by atoms with E-state index in [1.807, 2.05) is 41.3 Å². The van der Waals surface area contributed by atoms with Crippen molar-refractivity contribution < 1.29 is 9.59 Å². The average molecular weight is 470 g/mol. The lowest BCUT2D eigenvalue weighted by atomic mass is 9.73. The van der Waals surface area contributed by atoms with Gasteiger partial charge in [0, 0.05) is 24.9 Å². The molecule has 5 rings (SSSR count). The lowest BCUT2D eigenvalue weighted by Gasteiger charge is -2.41. The number of nitriles is 1. The zero-order valence-corrected chi connectivity index (χ0v) is 20.4. The molecule has 35 heavy (non-hydrogen) atoms. The molecule has 5 heteroatoms. The first kappa shape index (κ1) is 23.6. The Morgan fingerprint density at radius 1 is 0.886 bits per heavy atom. The molecule has 182 valence electrons. The number of nitrogens with one attached hydrogen (secondary N) is 1. The fraction of sp³-hybridized carbons (Fsp3) is 0.500. The maximum Gasteiger partial charge on any atom is 0.226 e. The van der Waals surface area contributed by atoms with E-state index in [1.54, 1.807) is 0 Å². The van der Waals surface area contributed by atoms with Gasteiger partial charge in [-0.25, -0.2) is 0 Å². The van der Waals surface area contributed by atoms with E-state index >= 15 is 0 Å². The third-order valence-corrected chi connectivity index (χ3v) is 8.57. The number of rotatable bonds is 4. The van der Waals surface area contributed by atoms with Gasteiger partial charge in [-0.1, -0.05) is 67.4 Å². The molecule has 1 aliphatic heterocycles. The van der Waals surface area contributed by atoms with Gasteiger partial charge in [0.15, 0.2) is 0 Å². The summed E-state index contributed by atoms with van der Waals surface area (Å²) >= 11 is 0. The fourth-order valence-corrected chi connectivity index (χ4v) is 6.49. The van der Waals surface area contributed by atoms with E-state index in [9.17, 15) is 14.9 Å². The Morgan fingerprint density at radius 3 is 2.31 bits per heavy atom. The van der Waals surface area contributed by atoms with Crippen LogP contribution in [0.1, 0.15) is 74.1 Å². The number of benzene rings is 2. The summed E-state index contributed by atoms with van der Waals surface area (Å²) in [6.07, 6.45) is 7.91. The lowest BCUT2D eigenvalue weighted by molar-refractivity contribution is -0.145. The maximum atomic E-state index is 13.7. The summed E-state index contributed by atoms with van der Waals surface area (Å²) in [6, 6.07) is 20.9. The molecule has 3 aliphatic rings. The number of likely N-dealkylation sites (tertiary alicyclic amines) is 1. The number of hydrogen-bond donors (Lipinski definition) is 1. The van der Waals surface area contributed by atoms with Gasteiger partial charge >= 0.3 is 0 Å². The van der Waals surface area contributed by atoms with E-state index in [0.717, 1.165) is 50.5 Å². The molecule has 3 atom stereocenters. The molecule has 2 fully saturated rings. The summed E-state index contributed by atoms with van der Waals surface area (Å²) < 4.78 is 0.